The highest BCUT2D eigenvalue weighted by atomic mass is 16.5. The average Bonchev–Trinajstić information content (AvgIpc) is 2.63. The highest BCUT2D eigenvalue weighted by molar-refractivity contribution is 5.91. The fourth-order valence-electron chi connectivity index (χ4n) is 3.02. The smallest absolute Gasteiger partial charge is 0.319 e. The minimum Gasteiger partial charge on any atom is -0.487 e. The lowest BCUT2D eigenvalue weighted by atomic mass is 9.96. The van der Waals surface area contributed by atoms with Gasteiger partial charge in [0.1, 0.15) is 12.4 Å². The van der Waals surface area contributed by atoms with Crippen LogP contribution in [0.15, 0.2) is 54.6 Å². The number of amides is 2. The van der Waals surface area contributed by atoms with Crippen LogP contribution in [0.5, 0.6) is 5.75 Å². The Hall–Kier alpha value is -2.49. The molecule has 0 saturated heterocycles. The predicted octanol–water partition coefficient (Wildman–Crippen LogP) is 4.72. The van der Waals surface area contributed by atoms with Crippen molar-refractivity contribution in [1.82, 2.24) is 5.32 Å². The van der Waals surface area contributed by atoms with Crippen molar-refractivity contribution in [2.24, 2.45) is 0 Å². The molecule has 24 heavy (non-hydrogen) atoms. The standard InChI is InChI=1S/C20H24N2O2/c23-20(21-17-11-5-2-6-12-17)22-18-13-7-8-14-19(18)24-15-16-9-3-1-4-10-16/h1,3-4,7-10,13-14,17H,2,5-6,11-12,15H2,(H2,21,22,23). The molecular formula is C20H24N2O2. The van der Waals surface area contributed by atoms with Crippen molar-refractivity contribution in [3.8, 4) is 5.75 Å². The number of carbonyl (C=O) groups excluding carboxylic acids is 1. The molecule has 2 aromatic carbocycles. The van der Waals surface area contributed by atoms with Crippen LogP contribution in [-0.4, -0.2) is 12.1 Å². The van der Waals surface area contributed by atoms with Gasteiger partial charge < -0.3 is 15.4 Å². The molecule has 3 rings (SSSR count). The van der Waals surface area contributed by atoms with E-state index in [1.165, 1.54) is 19.3 Å². The van der Waals surface area contributed by atoms with Crippen molar-refractivity contribution < 1.29 is 9.53 Å². The van der Waals surface area contributed by atoms with Crippen LogP contribution in [0.2, 0.25) is 0 Å². The summed E-state index contributed by atoms with van der Waals surface area (Å²) < 4.78 is 5.87. The van der Waals surface area contributed by atoms with Crippen molar-refractivity contribution in [2.45, 2.75) is 44.8 Å². The molecule has 0 spiro atoms. The highest BCUT2D eigenvalue weighted by Crippen LogP contribution is 2.25. The summed E-state index contributed by atoms with van der Waals surface area (Å²) in [7, 11) is 0. The molecule has 1 fully saturated rings. The normalized spacial score (nSPS) is 14.8. The summed E-state index contributed by atoms with van der Waals surface area (Å²) in [5.74, 6) is 0.681. The predicted molar refractivity (Wildman–Crippen MR) is 96.2 cm³/mol. The monoisotopic (exact) mass is 324 g/mol. The Morgan fingerprint density at radius 1 is 0.958 bits per heavy atom. The number of anilines is 1. The maximum atomic E-state index is 12.2. The SMILES string of the molecule is O=C(Nc1ccccc1OCc1ccccc1)NC1CCCCC1. The Kier molecular flexibility index (Phi) is 5.72. The lowest BCUT2D eigenvalue weighted by Gasteiger charge is -2.23. The Morgan fingerprint density at radius 3 is 2.46 bits per heavy atom. The minimum atomic E-state index is -0.155. The summed E-state index contributed by atoms with van der Waals surface area (Å²) in [5, 5.41) is 5.98. The van der Waals surface area contributed by atoms with Gasteiger partial charge in [0, 0.05) is 6.04 Å². The molecule has 2 amide bonds. The molecule has 0 aliphatic heterocycles. The molecule has 0 aromatic heterocycles. The van der Waals surface area contributed by atoms with Gasteiger partial charge in [-0.1, -0.05) is 61.7 Å². The lowest BCUT2D eigenvalue weighted by Crippen LogP contribution is -2.39. The maximum absolute atomic E-state index is 12.2. The highest BCUT2D eigenvalue weighted by Gasteiger charge is 2.16. The molecular weight excluding hydrogens is 300 g/mol. The van der Waals surface area contributed by atoms with Crippen molar-refractivity contribution in [3.05, 3.63) is 60.2 Å². The maximum Gasteiger partial charge on any atom is 0.319 e. The summed E-state index contributed by atoms with van der Waals surface area (Å²) in [4.78, 5) is 12.2. The first-order chi connectivity index (χ1) is 11.8. The Bertz CT molecular complexity index is 652. The molecule has 0 atom stereocenters. The molecule has 126 valence electrons. The van der Waals surface area contributed by atoms with Crippen LogP contribution < -0.4 is 15.4 Å². The van der Waals surface area contributed by atoms with E-state index in [1.807, 2.05) is 54.6 Å². The molecule has 0 unspecified atom stereocenters. The summed E-state index contributed by atoms with van der Waals surface area (Å²) in [6.45, 7) is 0.476. The van der Waals surface area contributed by atoms with Crippen molar-refractivity contribution >= 4 is 11.7 Å². The quantitative estimate of drug-likeness (QED) is 0.836. The number of para-hydroxylation sites is 2. The van der Waals surface area contributed by atoms with Crippen molar-refractivity contribution in [2.75, 3.05) is 5.32 Å². The van der Waals surface area contributed by atoms with Crippen molar-refractivity contribution in [3.63, 3.8) is 0 Å². The van der Waals surface area contributed by atoms with Gasteiger partial charge in [0.2, 0.25) is 0 Å². The zero-order valence-corrected chi connectivity index (χ0v) is 13.8. The van der Waals surface area contributed by atoms with E-state index in [2.05, 4.69) is 10.6 Å². The fraction of sp³-hybridized carbons (Fsp3) is 0.350. The Balaban J connectivity index is 1.57. The Morgan fingerprint density at radius 2 is 1.67 bits per heavy atom. The summed E-state index contributed by atoms with van der Waals surface area (Å²) in [6, 6.07) is 17.7. The first-order valence-corrected chi connectivity index (χ1v) is 8.64. The van der Waals surface area contributed by atoms with E-state index >= 15 is 0 Å². The number of urea groups is 1. The van der Waals surface area contributed by atoms with Crippen LogP contribution >= 0.6 is 0 Å². The minimum absolute atomic E-state index is 0.155. The van der Waals surface area contributed by atoms with Crippen LogP contribution in [0.1, 0.15) is 37.7 Å². The number of rotatable bonds is 5. The second-order valence-corrected chi connectivity index (χ2v) is 6.20. The number of hydrogen-bond donors (Lipinski definition) is 2. The van der Waals surface area contributed by atoms with Gasteiger partial charge in [0.05, 0.1) is 5.69 Å². The zero-order valence-electron chi connectivity index (χ0n) is 13.8. The topological polar surface area (TPSA) is 50.4 Å². The molecule has 0 heterocycles. The van der Waals surface area contributed by atoms with Crippen molar-refractivity contribution in [1.29, 1.82) is 0 Å². The summed E-state index contributed by atoms with van der Waals surface area (Å²) in [5.41, 5.74) is 1.79. The van der Waals surface area contributed by atoms with Crippen LogP contribution in [0.3, 0.4) is 0 Å². The molecule has 4 nitrogen and oxygen atoms in total. The Labute approximate surface area is 143 Å². The largest absolute Gasteiger partial charge is 0.487 e. The van der Waals surface area contributed by atoms with E-state index in [1.54, 1.807) is 0 Å². The molecule has 2 N–H and O–H groups in total. The van der Waals surface area contributed by atoms with E-state index in [0.717, 1.165) is 18.4 Å². The molecule has 1 aliphatic carbocycles. The van der Waals surface area contributed by atoms with E-state index in [9.17, 15) is 4.79 Å². The molecule has 0 radical (unpaired) electrons. The summed E-state index contributed by atoms with van der Waals surface area (Å²) in [6.07, 6.45) is 5.80. The van der Waals surface area contributed by atoms with E-state index in [0.29, 0.717) is 18.0 Å². The number of hydrogen-bond acceptors (Lipinski definition) is 2. The first kappa shape index (κ1) is 16.4. The van der Waals surface area contributed by atoms with E-state index in [4.69, 9.17) is 4.74 Å². The van der Waals surface area contributed by atoms with Gasteiger partial charge in [-0.15, -0.1) is 0 Å². The van der Waals surface area contributed by atoms with Gasteiger partial charge in [-0.2, -0.15) is 0 Å². The van der Waals surface area contributed by atoms with Gasteiger partial charge in [-0.25, -0.2) is 4.79 Å². The number of benzene rings is 2. The third kappa shape index (κ3) is 4.75. The van der Waals surface area contributed by atoms with E-state index < -0.39 is 0 Å². The lowest BCUT2D eigenvalue weighted by molar-refractivity contribution is 0.244. The molecule has 1 saturated carbocycles. The van der Waals surface area contributed by atoms with Gasteiger partial charge in [0.25, 0.3) is 0 Å². The molecule has 4 heteroatoms. The second kappa shape index (κ2) is 8.39. The average molecular weight is 324 g/mol. The first-order valence-electron chi connectivity index (χ1n) is 8.64. The third-order valence-electron chi connectivity index (χ3n) is 4.31. The van der Waals surface area contributed by atoms with Crippen LogP contribution in [0.25, 0.3) is 0 Å². The van der Waals surface area contributed by atoms with Gasteiger partial charge >= 0.3 is 6.03 Å². The van der Waals surface area contributed by atoms with Gasteiger partial charge in [-0.3, -0.25) is 0 Å². The number of nitrogens with one attached hydrogen (secondary N) is 2. The molecule has 0 bridgehead atoms. The van der Waals surface area contributed by atoms with Gasteiger partial charge in [0.15, 0.2) is 0 Å². The molecule has 2 aromatic rings. The second-order valence-electron chi connectivity index (χ2n) is 6.20. The number of ether oxygens (including phenoxy) is 1. The van der Waals surface area contributed by atoms with Crippen LogP contribution in [0.4, 0.5) is 10.5 Å². The summed E-state index contributed by atoms with van der Waals surface area (Å²) >= 11 is 0. The van der Waals surface area contributed by atoms with Gasteiger partial charge in [-0.05, 0) is 30.5 Å². The van der Waals surface area contributed by atoms with Crippen LogP contribution in [0, 0.1) is 0 Å². The zero-order chi connectivity index (χ0) is 16.6. The number of carbonyl (C=O) groups is 1. The van der Waals surface area contributed by atoms with E-state index in [-0.39, 0.29) is 12.1 Å². The third-order valence-corrected chi connectivity index (χ3v) is 4.31. The molecule has 1 aliphatic rings. The fourth-order valence-corrected chi connectivity index (χ4v) is 3.02. The van der Waals surface area contributed by atoms with Crippen LogP contribution in [-0.2, 0) is 6.61 Å².